The van der Waals surface area contributed by atoms with Gasteiger partial charge in [-0.1, -0.05) is 84.4 Å². The average molecular weight is 366 g/mol. The zero-order valence-corrected chi connectivity index (χ0v) is 15.0. The lowest BCUT2D eigenvalue weighted by Crippen LogP contribution is -2.28. The summed E-state index contributed by atoms with van der Waals surface area (Å²) in [6.07, 6.45) is -0.279. The maximum atomic E-state index is 12.2. The van der Waals surface area contributed by atoms with E-state index in [4.69, 9.17) is 16.3 Å². The van der Waals surface area contributed by atoms with Crippen molar-refractivity contribution in [1.82, 2.24) is 5.32 Å². The molecule has 0 bridgehead atoms. The standard InChI is InChI=1S/C22H20ClNO2/c23-20-13-11-17(12-14-20)15-24-21(25)16-26-22(18-7-3-1-4-8-18)19-9-5-2-6-10-19/h1-14,22H,15-16H2,(H,24,25). The summed E-state index contributed by atoms with van der Waals surface area (Å²) in [6, 6.07) is 27.2. The summed E-state index contributed by atoms with van der Waals surface area (Å²) in [4.78, 5) is 12.2. The maximum Gasteiger partial charge on any atom is 0.246 e. The number of amides is 1. The van der Waals surface area contributed by atoms with Gasteiger partial charge in [-0.15, -0.1) is 0 Å². The molecule has 0 fully saturated rings. The molecule has 0 spiro atoms. The Kier molecular flexibility index (Phi) is 6.42. The van der Waals surface area contributed by atoms with Gasteiger partial charge >= 0.3 is 0 Å². The van der Waals surface area contributed by atoms with E-state index in [-0.39, 0.29) is 18.6 Å². The van der Waals surface area contributed by atoms with Crippen LogP contribution in [0.3, 0.4) is 0 Å². The molecule has 0 saturated heterocycles. The number of carbonyl (C=O) groups is 1. The van der Waals surface area contributed by atoms with Gasteiger partial charge in [-0.2, -0.15) is 0 Å². The van der Waals surface area contributed by atoms with E-state index < -0.39 is 0 Å². The molecule has 0 aliphatic rings. The molecule has 0 saturated carbocycles. The fourth-order valence-corrected chi connectivity index (χ4v) is 2.78. The second-order valence-electron chi connectivity index (χ2n) is 5.92. The highest BCUT2D eigenvalue weighted by atomic mass is 35.5. The van der Waals surface area contributed by atoms with Gasteiger partial charge in [-0.05, 0) is 28.8 Å². The number of ether oxygens (including phenoxy) is 1. The predicted molar refractivity (Wildman–Crippen MR) is 104 cm³/mol. The quantitative estimate of drug-likeness (QED) is 0.655. The molecule has 3 rings (SSSR count). The van der Waals surface area contributed by atoms with Gasteiger partial charge in [0, 0.05) is 11.6 Å². The van der Waals surface area contributed by atoms with Crippen LogP contribution in [0.2, 0.25) is 5.02 Å². The monoisotopic (exact) mass is 365 g/mol. The summed E-state index contributed by atoms with van der Waals surface area (Å²) in [5.41, 5.74) is 3.03. The number of hydrogen-bond donors (Lipinski definition) is 1. The van der Waals surface area contributed by atoms with Gasteiger partial charge in [-0.25, -0.2) is 0 Å². The van der Waals surface area contributed by atoms with E-state index in [1.807, 2.05) is 72.8 Å². The normalized spacial score (nSPS) is 10.7. The summed E-state index contributed by atoms with van der Waals surface area (Å²) in [6.45, 7) is 0.433. The molecule has 0 heterocycles. The molecule has 0 aromatic heterocycles. The first-order valence-electron chi connectivity index (χ1n) is 8.45. The molecule has 0 aliphatic carbocycles. The Morgan fingerprint density at radius 1 is 0.846 bits per heavy atom. The summed E-state index contributed by atoms with van der Waals surface area (Å²) >= 11 is 5.87. The lowest BCUT2D eigenvalue weighted by Gasteiger charge is -2.19. The van der Waals surface area contributed by atoms with Crippen molar-refractivity contribution in [2.75, 3.05) is 6.61 Å². The molecule has 0 atom stereocenters. The van der Waals surface area contributed by atoms with E-state index in [0.29, 0.717) is 11.6 Å². The number of hydrogen-bond acceptors (Lipinski definition) is 2. The fraction of sp³-hybridized carbons (Fsp3) is 0.136. The molecule has 3 aromatic rings. The van der Waals surface area contributed by atoms with E-state index >= 15 is 0 Å². The average Bonchev–Trinajstić information content (AvgIpc) is 2.69. The highest BCUT2D eigenvalue weighted by molar-refractivity contribution is 6.30. The van der Waals surface area contributed by atoms with Crippen LogP contribution in [0.5, 0.6) is 0 Å². The van der Waals surface area contributed by atoms with Crippen molar-refractivity contribution < 1.29 is 9.53 Å². The number of rotatable bonds is 7. The highest BCUT2D eigenvalue weighted by Crippen LogP contribution is 2.25. The minimum atomic E-state index is -0.279. The molecular weight excluding hydrogens is 346 g/mol. The molecule has 1 amide bonds. The van der Waals surface area contributed by atoms with E-state index in [1.54, 1.807) is 12.1 Å². The van der Waals surface area contributed by atoms with Crippen LogP contribution < -0.4 is 5.32 Å². The maximum absolute atomic E-state index is 12.2. The van der Waals surface area contributed by atoms with E-state index in [2.05, 4.69) is 5.32 Å². The van der Waals surface area contributed by atoms with Crippen LogP contribution in [-0.2, 0) is 16.1 Å². The van der Waals surface area contributed by atoms with Gasteiger partial charge in [0.25, 0.3) is 0 Å². The summed E-state index contributed by atoms with van der Waals surface area (Å²) in [5, 5.41) is 3.55. The smallest absolute Gasteiger partial charge is 0.246 e. The summed E-state index contributed by atoms with van der Waals surface area (Å²) in [5.74, 6) is -0.156. The SMILES string of the molecule is O=C(COC(c1ccccc1)c1ccccc1)NCc1ccc(Cl)cc1. The third-order valence-electron chi connectivity index (χ3n) is 3.99. The molecule has 3 aromatic carbocycles. The van der Waals surface area contributed by atoms with Crippen molar-refractivity contribution >= 4 is 17.5 Å². The molecule has 4 heteroatoms. The first kappa shape index (κ1) is 18.2. The van der Waals surface area contributed by atoms with Crippen LogP contribution in [0.4, 0.5) is 0 Å². The summed E-state index contributed by atoms with van der Waals surface area (Å²) < 4.78 is 5.95. The van der Waals surface area contributed by atoms with Gasteiger partial charge < -0.3 is 10.1 Å². The van der Waals surface area contributed by atoms with Crippen LogP contribution >= 0.6 is 11.6 Å². The Morgan fingerprint density at radius 2 is 1.38 bits per heavy atom. The van der Waals surface area contributed by atoms with Gasteiger partial charge in [-0.3, -0.25) is 4.79 Å². The van der Waals surface area contributed by atoms with Crippen LogP contribution in [0.15, 0.2) is 84.9 Å². The van der Waals surface area contributed by atoms with Gasteiger partial charge in [0.05, 0.1) is 0 Å². The van der Waals surface area contributed by atoms with Crippen molar-refractivity contribution in [1.29, 1.82) is 0 Å². The van der Waals surface area contributed by atoms with Crippen molar-refractivity contribution in [2.45, 2.75) is 12.6 Å². The van der Waals surface area contributed by atoms with Crippen molar-refractivity contribution in [3.05, 3.63) is 107 Å². The molecule has 26 heavy (non-hydrogen) atoms. The fourth-order valence-electron chi connectivity index (χ4n) is 2.65. The van der Waals surface area contributed by atoms with Crippen LogP contribution in [0.25, 0.3) is 0 Å². The third kappa shape index (κ3) is 5.19. The number of carbonyl (C=O) groups excluding carboxylic acids is 1. The van der Waals surface area contributed by atoms with Crippen LogP contribution in [0, 0.1) is 0 Å². The van der Waals surface area contributed by atoms with Crippen molar-refractivity contribution in [2.24, 2.45) is 0 Å². The second-order valence-corrected chi connectivity index (χ2v) is 6.35. The number of nitrogens with one attached hydrogen (secondary N) is 1. The largest absolute Gasteiger partial charge is 0.359 e. The highest BCUT2D eigenvalue weighted by Gasteiger charge is 2.16. The Bertz CT molecular complexity index is 780. The van der Waals surface area contributed by atoms with Crippen LogP contribution in [0.1, 0.15) is 22.8 Å². The minimum Gasteiger partial charge on any atom is -0.359 e. The van der Waals surface area contributed by atoms with E-state index in [9.17, 15) is 4.79 Å². The van der Waals surface area contributed by atoms with E-state index in [1.165, 1.54) is 0 Å². The Balaban J connectivity index is 1.60. The van der Waals surface area contributed by atoms with E-state index in [0.717, 1.165) is 16.7 Å². The number of benzene rings is 3. The third-order valence-corrected chi connectivity index (χ3v) is 4.24. The lowest BCUT2D eigenvalue weighted by atomic mass is 10.0. The Morgan fingerprint density at radius 3 is 1.92 bits per heavy atom. The molecular formula is C22H20ClNO2. The van der Waals surface area contributed by atoms with Gasteiger partial charge in [0.15, 0.2) is 0 Å². The molecule has 1 N–H and O–H groups in total. The first-order chi connectivity index (χ1) is 12.7. The zero-order valence-electron chi connectivity index (χ0n) is 14.3. The first-order valence-corrected chi connectivity index (χ1v) is 8.83. The van der Waals surface area contributed by atoms with Gasteiger partial charge in [0.2, 0.25) is 5.91 Å². The Labute approximate surface area is 158 Å². The lowest BCUT2D eigenvalue weighted by molar-refractivity contribution is -0.127. The number of halogens is 1. The van der Waals surface area contributed by atoms with Gasteiger partial charge in [0.1, 0.15) is 12.7 Å². The molecule has 0 aliphatic heterocycles. The zero-order chi connectivity index (χ0) is 18.2. The van der Waals surface area contributed by atoms with Crippen molar-refractivity contribution in [3.63, 3.8) is 0 Å². The molecule has 3 nitrogen and oxygen atoms in total. The summed E-state index contributed by atoms with van der Waals surface area (Å²) in [7, 11) is 0. The second kappa shape index (κ2) is 9.18. The molecule has 0 unspecified atom stereocenters. The minimum absolute atomic E-state index is 0.0119. The predicted octanol–water partition coefficient (Wildman–Crippen LogP) is 4.76. The van der Waals surface area contributed by atoms with Crippen LogP contribution in [-0.4, -0.2) is 12.5 Å². The Hall–Kier alpha value is -2.62. The molecule has 0 radical (unpaired) electrons. The topological polar surface area (TPSA) is 38.3 Å². The van der Waals surface area contributed by atoms with Crippen molar-refractivity contribution in [3.8, 4) is 0 Å². The molecule has 132 valence electrons.